The van der Waals surface area contributed by atoms with Gasteiger partial charge in [0.2, 0.25) is 0 Å². The molecule has 1 rings (SSSR count). The average Bonchev–Trinajstić information content (AvgIpc) is 2.37. The topological polar surface area (TPSA) is 15.3 Å². The van der Waals surface area contributed by atoms with E-state index in [1.807, 2.05) is 0 Å². The third kappa shape index (κ3) is 5.87. The monoisotopic (exact) mass is 240 g/mol. The van der Waals surface area contributed by atoms with Crippen molar-refractivity contribution in [3.05, 3.63) is 0 Å². The molecule has 1 atom stereocenters. The number of hydrogen-bond acceptors (Lipinski definition) is 2. The highest BCUT2D eigenvalue weighted by Crippen LogP contribution is 2.17. The Balaban J connectivity index is 2.19. The third-order valence-electron chi connectivity index (χ3n) is 4.14. The Morgan fingerprint density at radius 1 is 1.18 bits per heavy atom. The molecule has 1 aliphatic rings. The van der Waals surface area contributed by atoms with Gasteiger partial charge in [0.1, 0.15) is 0 Å². The lowest BCUT2D eigenvalue weighted by molar-refractivity contribution is 0.166. The molecule has 0 aromatic rings. The van der Waals surface area contributed by atoms with Crippen LogP contribution in [0.15, 0.2) is 0 Å². The summed E-state index contributed by atoms with van der Waals surface area (Å²) < 4.78 is 0. The summed E-state index contributed by atoms with van der Waals surface area (Å²) in [6, 6.07) is 0.784. The smallest absolute Gasteiger partial charge is 0.00912 e. The summed E-state index contributed by atoms with van der Waals surface area (Å²) in [7, 11) is 0. The first-order valence-corrected chi connectivity index (χ1v) is 7.75. The zero-order valence-corrected chi connectivity index (χ0v) is 12.2. The van der Waals surface area contributed by atoms with Crippen LogP contribution >= 0.6 is 0 Å². The molecule has 1 saturated heterocycles. The molecule has 1 unspecified atom stereocenters. The van der Waals surface area contributed by atoms with Crippen LogP contribution < -0.4 is 5.32 Å². The van der Waals surface area contributed by atoms with Gasteiger partial charge in [-0.3, -0.25) is 0 Å². The van der Waals surface area contributed by atoms with E-state index in [4.69, 9.17) is 0 Å². The Labute approximate surface area is 108 Å². The largest absolute Gasteiger partial charge is 0.314 e. The van der Waals surface area contributed by atoms with E-state index in [9.17, 15) is 0 Å². The highest BCUT2D eigenvalue weighted by atomic mass is 15.1. The molecule has 0 bridgehead atoms. The van der Waals surface area contributed by atoms with Gasteiger partial charge < -0.3 is 10.2 Å². The van der Waals surface area contributed by atoms with Crippen LogP contribution in [0.25, 0.3) is 0 Å². The predicted octanol–water partition coefficient (Wildman–Crippen LogP) is 3.28. The molecule has 2 heteroatoms. The lowest BCUT2D eigenvalue weighted by Crippen LogP contribution is -2.43. The number of nitrogens with zero attached hydrogens (tertiary/aromatic N) is 1. The molecule has 0 aromatic heterocycles. The standard InChI is InChI=1S/C15H32N2/c1-4-7-8-14(5-2)13-17-11-9-15(10-12-17)16-6-3/h14-16H,4-13H2,1-3H3. The Morgan fingerprint density at radius 3 is 2.41 bits per heavy atom. The number of nitrogens with one attached hydrogen (secondary N) is 1. The maximum absolute atomic E-state index is 3.58. The lowest BCUT2D eigenvalue weighted by Gasteiger charge is -2.34. The molecule has 2 nitrogen and oxygen atoms in total. The van der Waals surface area contributed by atoms with Gasteiger partial charge in [0.25, 0.3) is 0 Å². The zero-order chi connectivity index (χ0) is 12.5. The van der Waals surface area contributed by atoms with Crippen molar-refractivity contribution in [1.82, 2.24) is 10.2 Å². The first-order valence-electron chi connectivity index (χ1n) is 7.75. The summed E-state index contributed by atoms with van der Waals surface area (Å²) in [5.41, 5.74) is 0. The maximum atomic E-state index is 3.58. The second kappa shape index (κ2) is 8.93. The summed E-state index contributed by atoms with van der Waals surface area (Å²) >= 11 is 0. The molecule has 0 radical (unpaired) electrons. The molecule has 0 aromatic carbocycles. The minimum absolute atomic E-state index is 0.784. The van der Waals surface area contributed by atoms with Gasteiger partial charge in [-0.05, 0) is 44.8 Å². The SMILES string of the molecule is CCCCC(CC)CN1CCC(NCC)CC1. The molecule has 1 heterocycles. The summed E-state index contributed by atoms with van der Waals surface area (Å²) in [4.78, 5) is 2.69. The molecule has 1 fully saturated rings. The predicted molar refractivity (Wildman–Crippen MR) is 76.4 cm³/mol. The Bertz CT molecular complexity index is 174. The van der Waals surface area contributed by atoms with Crippen molar-refractivity contribution in [2.24, 2.45) is 5.92 Å². The van der Waals surface area contributed by atoms with Crippen LogP contribution in [0.1, 0.15) is 59.3 Å². The lowest BCUT2D eigenvalue weighted by atomic mass is 9.97. The molecule has 17 heavy (non-hydrogen) atoms. The molecular formula is C15H32N2. The van der Waals surface area contributed by atoms with E-state index in [2.05, 4.69) is 31.0 Å². The van der Waals surface area contributed by atoms with E-state index in [1.165, 1.54) is 58.2 Å². The van der Waals surface area contributed by atoms with Gasteiger partial charge in [0.15, 0.2) is 0 Å². The van der Waals surface area contributed by atoms with E-state index in [-0.39, 0.29) is 0 Å². The van der Waals surface area contributed by atoms with Crippen LogP contribution in [-0.2, 0) is 0 Å². The number of rotatable bonds is 8. The van der Waals surface area contributed by atoms with Crippen LogP contribution in [0.2, 0.25) is 0 Å². The number of likely N-dealkylation sites (tertiary alicyclic amines) is 1. The van der Waals surface area contributed by atoms with Gasteiger partial charge in [-0.15, -0.1) is 0 Å². The normalized spacial score (nSPS) is 20.6. The second-order valence-corrected chi connectivity index (χ2v) is 5.55. The quantitative estimate of drug-likeness (QED) is 0.700. The fourth-order valence-corrected chi connectivity index (χ4v) is 2.89. The first kappa shape index (κ1) is 15.0. The molecule has 0 aliphatic carbocycles. The van der Waals surface area contributed by atoms with Crippen molar-refractivity contribution in [3.8, 4) is 0 Å². The molecule has 0 amide bonds. The third-order valence-corrected chi connectivity index (χ3v) is 4.14. The van der Waals surface area contributed by atoms with Crippen molar-refractivity contribution in [2.45, 2.75) is 65.3 Å². The van der Waals surface area contributed by atoms with E-state index in [0.29, 0.717) is 0 Å². The molecular weight excluding hydrogens is 208 g/mol. The van der Waals surface area contributed by atoms with Crippen LogP contribution in [0, 0.1) is 5.92 Å². The Hall–Kier alpha value is -0.0800. The van der Waals surface area contributed by atoms with Crippen molar-refractivity contribution in [1.29, 1.82) is 0 Å². The average molecular weight is 240 g/mol. The van der Waals surface area contributed by atoms with Gasteiger partial charge in [0.05, 0.1) is 0 Å². The van der Waals surface area contributed by atoms with Gasteiger partial charge in [0, 0.05) is 12.6 Å². The molecule has 0 spiro atoms. The van der Waals surface area contributed by atoms with Gasteiger partial charge >= 0.3 is 0 Å². The van der Waals surface area contributed by atoms with Gasteiger partial charge in [-0.1, -0.05) is 40.0 Å². The van der Waals surface area contributed by atoms with Gasteiger partial charge in [-0.25, -0.2) is 0 Å². The minimum Gasteiger partial charge on any atom is -0.314 e. The molecule has 0 saturated carbocycles. The first-order chi connectivity index (χ1) is 8.30. The molecule has 102 valence electrons. The van der Waals surface area contributed by atoms with E-state index < -0.39 is 0 Å². The van der Waals surface area contributed by atoms with E-state index in [1.54, 1.807) is 0 Å². The Kier molecular flexibility index (Phi) is 7.87. The summed E-state index contributed by atoms with van der Waals surface area (Å²) in [5.74, 6) is 0.936. The number of piperidine rings is 1. The molecule has 1 N–H and O–H groups in total. The summed E-state index contributed by atoms with van der Waals surface area (Å²) in [6.07, 6.45) is 8.23. The van der Waals surface area contributed by atoms with Crippen LogP contribution in [0.4, 0.5) is 0 Å². The van der Waals surface area contributed by atoms with Gasteiger partial charge in [-0.2, -0.15) is 0 Å². The zero-order valence-electron chi connectivity index (χ0n) is 12.2. The highest BCUT2D eigenvalue weighted by Gasteiger charge is 2.20. The van der Waals surface area contributed by atoms with Crippen molar-refractivity contribution < 1.29 is 0 Å². The van der Waals surface area contributed by atoms with Crippen LogP contribution in [0.3, 0.4) is 0 Å². The highest BCUT2D eigenvalue weighted by molar-refractivity contribution is 4.78. The summed E-state index contributed by atoms with van der Waals surface area (Å²) in [6.45, 7) is 11.9. The van der Waals surface area contributed by atoms with Crippen LogP contribution in [-0.4, -0.2) is 37.1 Å². The van der Waals surface area contributed by atoms with Crippen molar-refractivity contribution in [3.63, 3.8) is 0 Å². The van der Waals surface area contributed by atoms with E-state index in [0.717, 1.165) is 18.5 Å². The van der Waals surface area contributed by atoms with Crippen molar-refractivity contribution >= 4 is 0 Å². The molecule has 1 aliphatic heterocycles. The van der Waals surface area contributed by atoms with Crippen LogP contribution in [0.5, 0.6) is 0 Å². The Morgan fingerprint density at radius 2 is 1.88 bits per heavy atom. The minimum atomic E-state index is 0.784. The maximum Gasteiger partial charge on any atom is 0.00912 e. The number of unbranched alkanes of at least 4 members (excludes halogenated alkanes) is 1. The van der Waals surface area contributed by atoms with E-state index >= 15 is 0 Å². The second-order valence-electron chi connectivity index (χ2n) is 5.55. The fourth-order valence-electron chi connectivity index (χ4n) is 2.89. The number of hydrogen-bond donors (Lipinski definition) is 1. The fraction of sp³-hybridized carbons (Fsp3) is 1.00. The van der Waals surface area contributed by atoms with Crippen molar-refractivity contribution in [2.75, 3.05) is 26.2 Å². The summed E-state index contributed by atoms with van der Waals surface area (Å²) in [5, 5.41) is 3.58.